The number of anilines is 1. The third-order valence-electron chi connectivity index (χ3n) is 5.92. The molecular formula is C24H24N2O2S. The van der Waals surface area contributed by atoms with E-state index in [1.54, 1.807) is 0 Å². The predicted molar refractivity (Wildman–Crippen MR) is 118 cm³/mol. The van der Waals surface area contributed by atoms with Crippen molar-refractivity contribution in [2.45, 2.75) is 38.5 Å². The first-order valence-corrected chi connectivity index (χ1v) is 10.7. The topological polar surface area (TPSA) is 53.3 Å². The number of ether oxygens (including phenoxy) is 1. The minimum Gasteiger partial charge on any atom is -0.462 e. The average Bonchev–Trinajstić information content (AvgIpc) is 3.21. The van der Waals surface area contributed by atoms with Crippen molar-refractivity contribution in [2.24, 2.45) is 5.41 Å². The van der Waals surface area contributed by atoms with Crippen molar-refractivity contribution >= 4 is 29.7 Å². The predicted octanol–water partition coefficient (Wildman–Crippen LogP) is 5.24. The van der Waals surface area contributed by atoms with Crippen LogP contribution in [0, 0.1) is 16.7 Å². The largest absolute Gasteiger partial charge is 0.462 e. The first-order chi connectivity index (χ1) is 14.0. The van der Waals surface area contributed by atoms with E-state index >= 15 is 0 Å². The molecule has 1 saturated heterocycles. The fraction of sp³-hybridized carbons (Fsp3) is 0.333. The maximum Gasteiger partial charge on any atom is 0.338 e. The normalized spacial score (nSPS) is 21.7. The number of fused-ring (bicyclic) bond motifs is 3. The van der Waals surface area contributed by atoms with Crippen LogP contribution in [0.3, 0.4) is 0 Å². The van der Waals surface area contributed by atoms with Crippen molar-refractivity contribution in [3.8, 4) is 6.07 Å². The quantitative estimate of drug-likeness (QED) is 0.515. The zero-order valence-electron chi connectivity index (χ0n) is 16.9. The van der Waals surface area contributed by atoms with Gasteiger partial charge in [0.05, 0.1) is 40.8 Å². The molecule has 0 bridgehead atoms. The highest BCUT2D eigenvalue weighted by Gasteiger charge is 2.52. The number of carbonyl (C=O) groups is 1. The zero-order chi connectivity index (χ0) is 20.6. The van der Waals surface area contributed by atoms with E-state index in [1.165, 1.54) is 0 Å². The summed E-state index contributed by atoms with van der Waals surface area (Å²) < 4.78 is 7.62. The van der Waals surface area contributed by atoms with Gasteiger partial charge in [0, 0.05) is 5.41 Å². The summed E-state index contributed by atoms with van der Waals surface area (Å²) in [6.07, 6.45) is 5.12. The minimum atomic E-state index is -0.238. The molecule has 1 fully saturated rings. The van der Waals surface area contributed by atoms with Gasteiger partial charge < -0.3 is 9.04 Å². The van der Waals surface area contributed by atoms with Gasteiger partial charge in [-0.3, -0.25) is 0 Å². The second-order valence-electron chi connectivity index (χ2n) is 7.97. The van der Waals surface area contributed by atoms with Crippen LogP contribution in [-0.4, -0.2) is 23.9 Å². The smallest absolute Gasteiger partial charge is 0.338 e. The van der Waals surface area contributed by atoms with Gasteiger partial charge in [-0.15, -0.1) is 0 Å². The number of carbonyl (C=O) groups excluding carboxylic acids is 1. The molecule has 0 amide bonds. The van der Waals surface area contributed by atoms with Crippen LogP contribution in [-0.2, 0) is 11.2 Å². The summed E-state index contributed by atoms with van der Waals surface area (Å²) in [5, 5.41) is 9.60. The highest BCUT2D eigenvalue weighted by atomic mass is 32.2. The SMILES string of the molecule is CCOC(=O)c1cccc2c1CC1N2SC(C=Cc2ccccc2C#N)C1(C)C. The molecule has 2 aromatic rings. The molecule has 2 heterocycles. The molecule has 2 atom stereocenters. The van der Waals surface area contributed by atoms with Crippen molar-refractivity contribution in [1.82, 2.24) is 0 Å². The Morgan fingerprint density at radius 1 is 1.31 bits per heavy atom. The first-order valence-electron chi connectivity index (χ1n) is 9.89. The molecule has 0 radical (unpaired) electrons. The summed E-state index contributed by atoms with van der Waals surface area (Å²) in [6.45, 7) is 6.78. The number of rotatable bonds is 4. The summed E-state index contributed by atoms with van der Waals surface area (Å²) in [6, 6.07) is 16.1. The molecule has 4 nitrogen and oxygen atoms in total. The van der Waals surface area contributed by atoms with Crippen LogP contribution in [0.25, 0.3) is 6.08 Å². The Morgan fingerprint density at radius 2 is 2.10 bits per heavy atom. The highest BCUT2D eigenvalue weighted by molar-refractivity contribution is 8.01. The highest BCUT2D eigenvalue weighted by Crippen LogP contribution is 2.56. The molecule has 0 spiro atoms. The van der Waals surface area contributed by atoms with Crippen LogP contribution < -0.4 is 4.31 Å². The van der Waals surface area contributed by atoms with Gasteiger partial charge in [-0.2, -0.15) is 5.26 Å². The lowest BCUT2D eigenvalue weighted by Crippen LogP contribution is -2.36. The number of hydrogen-bond acceptors (Lipinski definition) is 5. The van der Waals surface area contributed by atoms with E-state index < -0.39 is 0 Å². The van der Waals surface area contributed by atoms with E-state index in [1.807, 2.05) is 55.3 Å². The molecule has 29 heavy (non-hydrogen) atoms. The van der Waals surface area contributed by atoms with Gasteiger partial charge in [-0.05, 0) is 54.6 Å². The molecule has 148 valence electrons. The molecule has 2 aliphatic rings. The van der Waals surface area contributed by atoms with E-state index in [4.69, 9.17) is 4.74 Å². The van der Waals surface area contributed by atoms with Gasteiger partial charge in [-0.25, -0.2) is 4.79 Å². The Labute approximate surface area is 176 Å². The molecule has 2 aliphatic heterocycles. The molecule has 5 heteroatoms. The molecule has 0 saturated carbocycles. The van der Waals surface area contributed by atoms with Crippen molar-refractivity contribution in [3.05, 3.63) is 70.8 Å². The van der Waals surface area contributed by atoms with Crippen LogP contribution in [0.4, 0.5) is 5.69 Å². The van der Waals surface area contributed by atoms with Crippen LogP contribution >= 0.6 is 11.9 Å². The Hall–Kier alpha value is -2.71. The molecule has 0 aliphatic carbocycles. The van der Waals surface area contributed by atoms with Crippen LogP contribution in [0.5, 0.6) is 0 Å². The van der Waals surface area contributed by atoms with Crippen molar-refractivity contribution in [3.63, 3.8) is 0 Å². The van der Waals surface area contributed by atoms with E-state index in [-0.39, 0.29) is 16.6 Å². The lowest BCUT2D eigenvalue weighted by molar-refractivity contribution is 0.0525. The monoisotopic (exact) mass is 404 g/mol. The van der Waals surface area contributed by atoms with Crippen LogP contribution in [0.2, 0.25) is 0 Å². The fourth-order valence-electron chi connectivity index (χ4n) is 4.20. The molecule has 4 rings (SSSR count). The van der Waals surface area contributed by atoms with Crippen LogP contribution in [0.15, 0.2) is 48.5 Å². The standard InChI is InChI=1S/C24H24N2O2S/c1-4-28-23(27)18-10-7-11-20-19(18)14-21-24(2,3)22(29-26(20)21)13-12-16-8-5-6-9-17(16)15-25/h5-13,21-22H,4,14H2,1-3H3. The summed E-state index contributed by atoms with van der Waals surface area (Å²) in [7, 11) is 0. The Kier molecular flexibility index (Phi) is 5.14. The van der Waals surface area contributed by atoms with Crippen molar-refractivity contribution in [2.75, 3.05) is 10.9 Å². The van der Waals surface area contributed by atoms with Gasteiger partial charge in [0.15, 0.2) is 0 Å². The van der Waals surface area contributed by atoms with E-state index in [0.29, 0.717) is 23.8 Å². The van der Waals surface area contributed by atoms with Crippen molar-refractivity contribution < 1.29 is 9.53 Å². The third-order valence-corrected chi connectivity index (χ3v) is 7.59. The second-order valence-corrected chi connectivity index (χ2v) is 9.09. The zero-order valence-corrected chi connectivity index (χ0v) is 17.7. The maximum absolute atomic E-state index is 12.4. The summed E-state index contributed by atoms with van der Waals surface area (Å²) in [4.78, 5) is 12.4. The lowest BCUT2D eigenvalue weighted by atomic mass is 9.79. The minimum absolute atomic E-state index is 0.00764. The van der Waals surface area contributed by atoms with Gasteiger partial charge in [-0.1, -0.05) is 50.3 Å². The second kappa shape index (κ2) is 7.61. The van der Waals surface area contributed by atoms with E-state index in [9.17, 15) is 10.1 Å². The van der Waals surface area contributed by atoms with Gasteiger partial charge in [0.25, 0.3) is 0 Å². The number of nitriles is 1. The van der Waals surface area contributed by atoms with Gasteiger partial charge in [0.2, 0.25) is 0 Å². The Bertz CT molecular complexity index is 1020. The summed E-state index contributed by atoms with van der Waals surface area (Å²) in [5.41, 5.74) is 4.54. The molecule has 0 N–H and O–H groups in total. The maximum atomic E-state index is 12.4. The molecular weight excluding hydrogens is 380 g/mol. The number of hydrogen-bond donors (Lipinski definition) is 0. The molecule has 2 aromatic carbocycles. The average molecular weight is 405 g/mol. The Morgan fingerprint density at radius 3 is 2.86 bits per heavy atom. The van der Waals surface area contributed by atoms with Gasteiger partial charge >= 0.3 is 5.97 Å². The van der Waals surface area contributed by atoms with Crippen LogP contribution in [0.1, 0.15) is 47.8 Å². The molecule has 0 aromatic heterocycles. The number of benzene rings is 2. The fourth-order valence-corrected chi connectivity index (χ4v) is 5.80. The van der Waals surface area contributed by atoms with E-state index in [0.717, 1.165) is 23.2 Å². The summed E-state index contributed by atoms with van der Waals surface area (Å²) >= 11 is 1.81. The number of esters is 1. The lowest BCUT2D eigenvalue weighted by Gasteiger charge is -2.28. The molecule has 2 unspecified atom stereocenters. The first kappa shape index (κ1) is 19.6. The Balaban J connectivity index is 1.62. The van der Waals surface area contributed by atoms with Crippen molar-refractivity contribution in [1.29, 1.82) is 5.26 Å². The van der Waals surface area contributed by atoms with E-state index in [2.05, 4.69) is 42.4 Å². The summed E-state index contributed by atoms with van der Waals surface area (Å²) in [5.74, 6) is -0.238. The van der Waals surface area contributed by atoms with Gasteiger partial charge in [0.1, 0.15) is 0 Å². The third kappa shape index (κ3) is 3.32. The number of nitrogens with zero attached hydrogens (tertiary/aromatic N) is 2.